The Kier molecular flexibility index (Phi) is 11.4. The summed E-state index contributed by atoms with van der Waals surface area (Å²) in [6, 6.07) is 0. The lowest BCUT2D eigenvalue weighted by molar-refractivity contribution is -0.00520. The topological polar surface area (TPSA) is 68.2 Å². The molecule has 172 valence electrons. The van der Waals surface area contributed by atoms with Crippen molar-refractivity contribution in [2.75, 3.05) is 26.3 Å². The summed E-state index contributed by atoms with van der Waals surface area (Å²) in [6.45, 7) is 19.9. The van der Waals surface area contributed by atoms with Crippen LogP contribution in [0.1, 0.15) is 33.6 Å². The predicted octanol–water partition coefficient (Wildman–Crippen LogP) is 4.07. The van der Waals surface area contributed by atoms with Crippen molar-refractivity contribution < 1.29 is 23.5 Å². The Labute approximate surface area is 185 Å². The maximum atomic E-state index is 12.0. The van der Waals surface area contributed by atoms with Gasteiger partial charge in [0.05, 0.1) is 13.2 Å². The molecule has 0 aromatic carbocycles. The molecule has 1 rings (SSSR count). The van der Waals surface area contributed by atoms with Crippen LogP contribution in [0.5, 0.6) is 0 Å². The largest absolute Gasteiger partial charge is 0.444 e. The number of rotatable bonds is 4. The van der Waals surface area contributed by atoms with E-state index in [9.17, 15) is 9.90 Å². The first-order valence-electron chi connectivity index (χ1n) is 10.4. The van der Waals surface area contributed by atoms with Gasteiger partial charge >= 0.3 is 6.09 Å². The summed E-state index contributed by atoms with van der Waals surface area (Å²) < 4.78 is 16.3. The Morgan fingerprint density at radius 1 is 1.03 bits per heavy atom. The van der Waals surface area contributed by atoms with Gasteiger partial charge in [-0.15, -0.1) is 6.42 Å². The zero-order valence-corrected chi connectivity index (χ0v) is 22.3. The Morgan fingerprint density at radius 3 is 1.87 bits per heavy atom. The molecule has 1 saturated heterocycles. The minimum absolute atomic E-state index is 0.329. The van der Waals surface area contributed by atoms with E-state index in [1.165, 1.54) is 0 Å². The second kappa shape index (κ2) is 11.9. The number of amides is 1. The number of nitrogens with zero attached hydrogens (tertiary/aromatic N) is 1. The molecule has 1 aliphatic heterocycles. The second-order valence-electron chi connectivity index (χ2n) is 10.3. The van der Waals surface area contributed by atoms with Crippen LogP contribution in [0.2, 0.25) is 39.3 Å². The smallest absolute Gasteiger partial charge is 0.410 e. The number of terminal acetylenes is 1. The average molecular weight is 456 g/mol. The quantitative estimate of drug-likeness (QED) is 0.511. The van der Waals surface area contributed by atoms with E-state index >= 15 is 0 Å². The van der Waals surface area contributed by atoms with Gasteiger partial charge in [-0.2, -0.15) is 0 Å². The molecule has 30 heavy (non-hydrogen) atoms. The van der Waals surface area contributed by atoms with E-state index in [1.807, 2.05) is 20.8 Å². The molecule has 6 nitrogen and oxygen atoms in total. The summed E-state index contributed by atoms with van der Waals surface area (Å²) in [5.74, 6) is 8.25. The maximum absolute atomic E-state index is 12.0. The molecule has 1 amide bonds. The van der Waals surface area contributed by atoms with Gasteiger partial charge in [0.2, 0.25) is 0 Å². The van der Waals surface area contributed by atoms with Gasteiger partial charge in [0.25, 0.3) is 0 Å². The van der Waals surface area contributed by atoms with Gasteiger partial charge in [0, 0.05) is 25.9 Å². The summed E-state index contributed by atoms with van der Waals surface area (Å²) in [5.41, 5.74) is -1.53. The SMILES string of the molecule is C#CCO[Si](C)(C)C.CC(C)(C)OC(=O)N1CCC(O)(C#CCO[Si](C)(C)C)CC1. The fourth-order valence-electron chi connectivity index (χ4n) is 2.22. The van der Waals surface area contributed by atoms with Crippen molar-refractivity contribution >= 4 is 22.7 Å². The lowest BCUT2D eigenvalue weighted by Gasteiger charge is -2.35. The summed E-state index contributed by atoms with van der Waals surface area (Å²) in [7, 11) is -2.89. The molecule has 8 heteroatoms. The number of carbonyl (C=O) groups is 1. The van der Waals surface area contributed by atoms with Crippen LogP contribution in [-0.4, -0.2) is 70.2 Å². The molecular weight excluding hydrogens is 414 g/mol. The molecule has 0 atom stereocenters. The molecule has 0 radical (unpaired) electrons. The number of piperidine rings is 1. The molecule has 0 aromatic rings. The molecule has 0 spiro atoms. The molecule has 1 aliphatic rings. The minimum atomic E-state index is -1.57. The van der Waals surface area contributed by atoms with Crippen molar-refractivity contribution in [3.05, 3.63) is 0 Å². The number of likely N-dealkylation sites (tertiary alicyclic amines) is 1. The second-order valence-corrected chi connectivity index (χ2v) is 19.3. The third kappa shape index (κ3) is 15.5. The molecular formula is C22H41NO5Si2. The lowest BCUT2D eigenvalue weighted by Crippen LogP contribution is -2.47. The first-order valence-corrected chi connectivity index (χ1v) is 17.2. The average Bonchev–Trinajstić information content (AvgIpc) is 2.55. The molecule has 1 heterocycles. The Bertz CT molecular complexity index is 634. The van der Waals surface area contributed by atoms with E-state index in [0.717, 1.165) is 0 Å². The molecule has 0 aliphatic carbocycles. The third-order valence-electron chi connectivity index (χ3n) is 3.73. The van der Waals surface area contributed by atoms with E-state index < -0.39 is 27.8 Å². The van der Waals surface area contributed by atoms with E-state index in [-0.39, 0.29) is 6.09 Å². The monoisotopic (exact) mass is 455 g/mol. The molecule has 0 saturated carbocycles. The van der Waals surface area contributed by atoms with Gasteiger partial charge in [-0.25, -0.2) is 4.79 Å². The number of carbonyl (C=O) groups excluding carboxylic acids is 1. The fraction of sp³-hybridized carbons (Fsp3) is 0.773. The predicted molar refractivity (Wildman–Crippen MR) is 127 cm³/mol. The van der Waals surface area contributed by atoms with E-state index in [1.54, 1.807) is 4.90 Å². The Balaban J connectivity index is 0.000000890. The van der Waals surface area contributed by atoms with Crippen LogP contribution in [0.25, 0.3) is 0 Å². The van der Waals surface area contributed by atoms with Crippen molar-refractivity contribution in [2.24, 2.45) is 0 Å². The normalized spacial score (nSPS) is 16.4. The van der Waals surface area contributed by atoms with Crippen LogP contribution >= 0.6 is 0 Å². The van der Waals surface area contributed by atoms with Crippen LogP contribution in [0.15, 0.2) is 0 Å². The molecule has 0 unspecified atom stereocenters. The van der Waals surface area contributed by atoms with Crippen LogP contribution < -0.4 is 0 Å². The van der Waals surface area contributed by atoms with Gasteiger partial charge in [0.1, 0.15) is 11.2 Å². The lowest BCUT2D eigenvalue weighted by atomic mass is 9.92. The highest BCUT2D eigenvalue weighted by Gasteiger charge is 2.34. The van der Waals surface area contributed by atoms with Gasteiger partial charge in [-0.1, -0.05) is 17.8 Å². The summed E-state index contributed by atoms with van der Waals surface area (Å²) in [5, 5.41) is 10.4. The van der Waals surface area contributed by atoms with Gasteiger partial charge in [-0.05, 0) is 60.1 Å². The zero-order chi connectivity index (χ0) is 23.6. The fourth-order valence-corrected chi connectivity index (χ4v) is 3.24. The molecule has 1 fully saturated rings. The van der Waals surface area contributed by atoms with Gasteiger partial charge < -0.3 is 23.6 Å². The number of aliphatic hydroxyl groups is 1. The summed E-state index contributed by atoms with van der Waals surface area (Å²) in [6.07, 6.45) is 5.53. The molecule has 0 aromatic heterocycles. The van der Waals surface area contributed by atoms with Crippen molar-refractivity contribution in [3.63, 3.8) is 0 Å². The summed E-state index contributed by atoms with van der Waals surface area (Å²) >= 11 is 0. The maximum Gasteiger partial charge on any atom is 0.410 e. The van der Waals surface area contributed by atoms with Gasteiger partial charge in [-0.3, -0.25) is 0 Å². The third-order valence-corrected chi connectivity index (χ3v) is 5.75. The first kappa shape index (κ1) is 28.7. The van der Waals surface area contributed by atoms with Crippen LogP contribution in [0, 0.1) is 24.2 Å². The zero-order valence-electron chi connectivity index (χ0n) is 20.3. The van der Waals surface area contributed by atoms with Crippen molar-refractivity contribution in [2.45, 2.75) is 84.1 Å². The first-order chi connectivity index (χ1) is 13.5. The van der Waals surface area contributed by atoms with Crippen molar-refractivity contribution in [3.8, 4) is 24.2 Å². The molecule has 1 N–H and O–H groups in total. The number of ether oxygens (including phenoxy) is 1. The highest BCUT2D eigenvalue weighted by molar-refractivity contribution is 6.70. The van der Waals surface area contributed by atoms with Crippen LogP contribution in [0.3, 0.4) is 0 Å². The minimum Gasteiger partial charge on any atom is -0.444 e. The number of hydrogen-bond acceptors (Lipinski definition) is 5. The molecule has 0 bridgehead atoms. The van der Waals surface area contributed by atoms with E-state index in [4.69, 9.17) is 20.0 Å². The number of hydrogen-bond donors (Lipinski definition) is 1. The van der Waals surface area contributed by atoms with Crippen LogP contribution in [-0.2, 0) is 13.6 Å². The van der Waals surface area contributed by atoms with E-state index in [2.05, 4.69) is 57.0 Å². The summed E-state index contributed by atoms with van der Waals surface area (Å²) in [4.78, 5) is 13.6. The standard InChI is InChI=1S/C16H29NO4Si.C6H12OSi/c1-15(2,3)21-14(18)17-11-9-16(19,10-12-17)8-7-13-20-22(4,5)6;1-5-6-7-8(2,3)4/h19H,9-13H2,1-6H3;1H,6H2,2-4H3. The van der Waals surface area contributed by atoms with Gasteiger partial charge in [0.15, 0.2) is 16.6 Å². The van der Waals surface area contributed by atoms with Crippen molar-refractivity contribution in [1.29, 1.82) is 0 Å². The highest BCUT2D eigenvalue weighted by atomic mass is 28.4. The highest BCUT2D eigenvalue weighted by Crippen LogP contribution is 2.23. The Morgan fingerprint density at radius 2 is 1.50 bits per heavy atom. The van der Waals surface area contributed by atoms with Crippen molar-refractivity contribution in [1.82, 2.24) is 4.90 Å². The van der Waals surface area contributed by atoms with E-state index in [0.29, 0.717) is 39.1 Å². The van der Waals surface area contributed by atoms with Crippen LogP contribution in [0.4, 0.5) is 4.79 Å². The Hall–Kier alpha value is -1.30.